The summed E-state index contributed by atoms with van der Waals surface area (Å²) in [6.45, 7) is 10.3. The van der Waals surface area contributed by atoms with Crippen molar-refractivity contribution in [3.8, 4) is 0 Å². The van der Waals surface area contributed by atoms with Crippen LogP contribution in [0.15, 0.2) is 0 Å². The zero-order chi connectivity index (χ0) is 20.5. The molecule has 1 atom stereocenters. The lowest BCUT2D eigenvalue weighted by atomic mass is 9.97. The molecule has 0 fully saturated rings. The molecule has 0 aromatic heterocycles. The van der Waals surface area contributed by atoms with Crippen LogP contribution in [0.5, 0.6) is 0 Å². The average molecular weight is 393 g/mol. The molecule has 0 N–H and O–H groups in total. The van der Waals surface area contributed by atoms with Crippen molar-refractivity contribution in [2.45, 2.75) is 161 Å². The fraction of sp³-hybridized carbons (Fsp3) is 0.929. The molecule has 28 heavy (non-hydrogen) atoms. The van der Waals surface area contributed by atoms with Gasteiger partial charge in [0.2, 0.25) is 0 Å². The van der Waals surface area contributed by atoms with Crippen molar-refractivity contribution in [1.29, 1.82) is 0 Å². The summed E-state index contributed by atoms with van der Waals surface area (Å²) in [6.07, 6.45) is 34.1. The summed E-state index contributed by atoms with van der Waals surface area (Å²) in [7, 11) is 0. The van der Waals surface area contributed by atoms with Gasteiger partial charge >= 0.3 is 0 Å². The van der Waals surface area contributed by atoms with Crippen molar-refractivity contribution in [3.63, 3.8) is 0 Å². The third-order valence-electron chi connectivity index (χ3n) is 6.39. The molecule has 0 aromatic carbocycles. The quantitative estimate of drug-likeness (QED) is 0.143. The van der Waals surface area contributed by atoms with Crippen molar-refractivity contribution in [2.24, 2.45) is 5.92 Å². The maximum Gasteiger partial charge on any atom is -0.0443 e. The van der Waals surface area contributed by atoms with Gasteiger partial charge in [0.1, 0.15) is 0 Å². The molecule has 0 rings (SSSR count). The minimum atomic E-state index is 0.926. The Morgan fingerprint density at radius 3 is 0.929 bits per heavy atom. The second kappa shape index (κ2) is 25.0. The van der Waals surface area contributed by atoms with Crippen LogP contribution in [0.25, 0.3) is 0 Å². The Bertz CT molecular complexity index is 257. The number of hydrogen-bond acceptors (Lipinski definition) is 0. The molecule has 0 aliphatic rings. The predicted molar refractivity (Wildman–Crippen MR) is 131 cm³/mol. The zero-order valence-corrected chi connectivity index (χ0v) is 20.0. The van der Waals surface area contributed by atoms with Crippen LogP contribution in [-0.2, 0) is 0 Å². The maximum atomic E-state index is 3.95. The van der Waals surface area contributed by atoms with Crippen molar-refractivity contribution < 1.29 is 0 Å². The first-order valence-corrected chi connectivity index (χ1v) is 13.4. The Hall–Kier alpha value is 0. The first-order valence-electron chi connectivity index (χ1n) is 13.4. The minimum Gasteiger partial charge on any atom is -0.0625 e. The summed E-state index contributed by atoms with van der Waals surface area (Å²) in [4.78, 5) is 0. The van der Waals surface area contributed by atoms with Crippen molar-refractivity contribution in [2.75, 3.05) is 0 Å². The number of unbranched alkanes of at least 4 members (excludes halogenated alkanes) is 20. The maximum absolute atomic E-state index is 3.95. The largest absolute Gasteiger partial charge is 0.0625 e. The van der Waals surface area contributed by atoms with E-state index in [4.69, 9.17) is 0 Å². The molecule has 0 nitrogen and oxygen atoms in total. The molecule has 168 valence electrons. The molecule has 0 heterocycles. The Balaban J connectivity index is 3.03. The Labute approximate surface area is 181 Å². The van der Waals surface area contributed by atoms with Gasteiger partial charge in [-0.15, -0.1) is 0 Å². The summed E-state index contributed by atoms with van der Waals surface area (Å²) in [5.74, 6) is 0.926. The molecule has 0 bridgehead atoms. The van der Waals surface area contributed by atoms with Crippen LogP contribution in [0.2, 0.25) is 0 Å². The monoisotopic (exact) mass is 392 g/mol. The van der Waals surface area contributed by atoms with Crippen LogP contribution in [0.1, 0.15) is 161 Å². The highest BCUT2D eigenvalue weighted by atomic mass is 14.1. The van der Waals surface area contributed by atoms with Gasteiger partial charge in [0.05, 0.1) is 0 Å². The lowest BCUT2D eigenvalue weighted by Crippen LogP contribution is -1.94. The van der Waals surface area contributed by atoms with E-state index in [1.807, 2.05) is 0 Å². The fourth-order valence-corrected chi connectivity index (χ4v) is 4.31. The highest BCUT2D eigenvalue weighted by Gasteiger charge is 2.01. The van der Waals surface area contributed by atoms with Crippen LogP contribution < -0.4 is 0 Å². The molecular weight excluding hydrogens is 336 g/mol. The molecule has 0 aromatic rings. The van der Waals surface area contributed by atoms with Crippen molar-refractivity contribution in [1.82, 2.24) is 0 Å². The van der Waals surface area contributed by atoms with Gasteiger partial charge in [0.15, 0.2) is 0 Å². The van der Waals surface area contributed by atoms with E-state index in [-0.39, 0.29) is 0 Å². The van der Waals surface area contributed by atoms with Gasteiger partial charge in [-0.2, -0.15) is 0 Å². The Kier molecular flexibility index (Phi) is 25.0. The smallest absolute Gasteiger partial charge is 0.0443 e. The normalized spacial score (nSPS) is 12.5. The molecule has 1 unspecified atom stereocenters. The highest BCUT2D eigenvalue weighted by molar-refractivity contribution is 4.56. The highest BCUT2D eigenvalue weighted by Crippen LogP contribution is 2.18. The van der Waals surface area contributed by atoms with Gasteiger partial charge in [-0.3, -0.25) is 0 Å². The molecule has 0 spiro atoms. The number of hydrogen-bond donors (Lipinski definition) is 0. The number of rotatable bonds is 24. The topological polar surface area (TPSA) is 0 Å². The van der Waals surface area contributed by atoms with Crippen molar-refractivity contribution >= 4 is 0 Å². The van der Waals surface area contributed by atoms with E-state index in [0.717, 1.165) is 18.8 Å². The average Bonchev–Trinajstić information content (AvgIpc) is 2.70. The third kappa shape index (κ3) is 24.0. The second-order valence-electron chi connectivity index (χ2n) is 9.46. The Morgan fingerprint density at radius 1 is 0.357 bits per heavy atom. The SMILES string of the molecule is [CH2]CCCCCCCCCCCCCCCCCCCCCC(C)CCC[CH2]. The molecule has 0 saturated heterocycles. The molecule has 0 saturated carbocycles. The van der Waals surface area contributed by atoms with Crippen molar-refractivity contribution in [3.05, 3.63) is 13.8 Å². The molecule has 0 aliphatic carbocycles. The van der Waals surface area contributed by atoms with Gasteiger partial charge in [0.25, 0.3) is 0 Å². The molecule has 0 amide bonds. The first kappa shape index (κ1) is 28.0. The summed E-state index contributed by atoms with van der Waals surface area (Å²) >= 11 is 0. The molecule has 2 radical (unpaired) electrons. The first-order chi connectivity index (χ1) is 13.8. The lowest BCUT2D eigenvalue weighted by Gasteiger charge is -2.10. The Morgan fingerprint density at radius 2 is 0.607 bits per heavy atom. The van der Waals surface area contributed by atoms with Gasteiger partial charge in [-0.25, -0.2) is 0 Å². The molecule has 0 aliphatic heterocycles. The summed E-state index contributed by atoms with van der Waals surface area (Å²) in [5.41, 5.74) is 0. The zero-order valence-electron chi connectivity index (χ0n) is 20.0. The van der Waals surface area contributed by atoms with Crippen LogP contribution in [-0.4, -0.2) is 0 Å². The van der Waals surface area contributed by atoms with Gasteiger partial charge < -0.3 is 0 Å². The van der Waals surface area contributed by atoms with E-state index >= 15 is 0 Å². The molecule has 0 heteroatoms. The van der Waals surface area contributed by atoms with Gasteiger partial charge in [-0.1, -0.05) is 175 Å². The fourth-order valence-electron chi connectivity index (χ4n) is 4.31. The van der Waals surface area contributed by atoms with Crippen LogP contribution in [0.3, 0.4) is 0 Å². The van der Waals surface area contributed by atoms with E-state index in [2.05, 4.69) is 20.8 Å². The van der Waals surface area contributed by atoms with E-state index in [0.29, 0.717) is 0 Å². The van der Waals surface area contributed by atoms with E-state index in [9.17, 15) is 0 Å². The standard InChI is InChI=1S/C28H56/c1-4-6-8-9-10-11-12-13-14-15-16-17-18-19-20-21-22-23-24-25-27-28(3)26-7-5-2/h28H,1-2,4-27H2,3H3. The minimum absolute atomic E-state index is 0.926. The van der Waals surface area contributed by atoms with Gasteiger partial charge in [0, 0.05) is 0 Å². The van der Waals surface area contributed by atoms with Crippen LogP contribution >= 0.6 is 0 Å². The van der Waals surface area contributed by atoms with Gasteiger partial charge in [-0.05, 0) is 5.92 Å². The second-order valence-corrected chi connectivity index (χ2v) is 9.46. The van der Waals surface area contributed by atoms with E-state index in [1.165, 1.54) is 141 Å². The van der Waals surface area contributed by atoms with Crippen LogP contribution in [0, 0.1) is 19.8 Å². The lowest BCUT2D eigenvalue weighted by molar-refractivity contribution is 0.443. The summed E-state index contributed by atoms with van der Waals surface area (Å²) < 4.78 is 0. The predicted octanol–water partition coefficient (Wildman–Crippen LogP) is 10.7. The van der Waals surface area contributed by atoms with E-state index < -0.39 is 0 Å². The third-order valence-corrected chi connectivity index (χ3v) is 6.39. The summed E-state index contributed by atoms with van der Waals surface area (Å²) in [5, 5.41) is 0. The molecular formula is C28H56. The summed E-state index contributed by atoms with van der Waals surface area (Å²) in [6, 6.07) is 0. The van der Waals surface area contributed by atoms with E-state index in [1.54, 1.807) is 0 Å². The van der Waals surface area contributed by atoms with Crippen LogP contribution in [0.4, 0.5) is 0 Å².